The van der Waals surface area contributed by atoms with Crippen molar-refractivity contribution in [2.75, 3.05) is 54.1 Å². The number of piperazine rings is 1. The first-order valence-corrected chi connectivity index (χ1v) is 9.27. The average molecular weight is 452 g/mol. The summed E-state index contributed by atoms with van der Waals surface area (Å²) in [7, 11) is 4.81. The second-order valence-corrected chi connectivity index (χ2v) is 6.99. The first kappa shape index (κ1) is 25.6. The Hall–Kier alpha value is -1.45. The van der Waals surface area contributed by atoms with E-state index in [0.29, 0.717) is 43.3 Å². The predicted octanol–water partition coefficient (Wildman–Crippen LogP) is 0.923. The number of carbonyl (C=O) groups is 1. The topological polar surface area (TPSA) is 83.5 Å². The standard InChI is InChI=1S/C19H29N3O5.2ClH/c1-25-16-8-13(9-17(26-2)18(16)27-3)12-21-4-6-22(7-5-21)19(24)15-10-14(23)11-20-15;;/h8-9,14-15,20,23H,4-7,10-12H2,1-3H3;2*1H. The molecule has 2 fully saturated rings. The Morgan fingerprint density at radius 1 is 1.07 bits per heavy atom. The van der Waals surface area contributed by atoms with Crippen LogP contribution in [0.2, 0.25) is 0 Å². The number of benzene rings is 1. The molecule has 2 unspecified atom stereocenters. The molecule has 0 radical (unpaired) electrons. The maximum Gasteiger partial charge on any atom is 0.239 e. The van der Waals surface area contributed by atoms with Crippen molar-refractivity contribution in [3.8, 4) is 17.2 Å². The van der Waals surface area contributed by atoms with Crippen LogP contribution in [0.15, 0.2) is 12.1 Å². The molecule has 166 valence electrons. The lowest BCUT2D eigenvalue weighted by Crippen LogP contribution is -2.52. The van der Waals surface area contributed by atoms with Crippen LogP contribution in [0.5, 0.6) is 17.2 Å². The molecule has 0 saturated carbocycles. The fraction of sp³-hybridized carbons (Fsp3) is 0.632. The predicted molar refractivity (Wildman–Crippen MR) is 115 cm³/mol. The van der Waals surface area contributed by atoms with E-state index in [9.17, 15) is 9.90 Å². The van der Waals surface area contributed by atoms with Gasteiger partial charge in [-0.2, -0.15) is 0 Å². The second kappa shape index (κ2) is 11.7. The van der Waals surface area contributed by atoms with Crippen molar-refractivity contribution in [2.45, 2.75) is 25.1 Å². The minimum atomic E-state index is -0.416. The van der Waals surface area contributed by atoms with Gasteiger partial charge in [-0.15, -0.1) is 24.8 Å². The van der Waals surface area contributed by atoms with Gasteiger partial charge in [0, 0.05) is 39.3 Å². The molecular formula is C19H31Cl2N3O5. The Morgan fingerprint density at radius 2 is 1.66 bits per heavy atom. The van der Waals surface area contributed by atoms with Crippen molar-refractivity contribution < 1.29 is 24.1 Å². The molecule has 3 rings (SSSR count). The summed E-state index contributed by atoms with van der Waals surface area (Å²) in [5.74, 6) is 1.97. The monoisotopic (exact) mass is 451 g/mol. The van der Waals surface area contributed by atoms with Crippen LogP contribution in [0.4, 0.5) is 0 Å². The summed E-state index contributed by atoms with van der Waals surface area (Å²) in [5.41, 5.74) is 1.07. The number of hydrogen-bond donors (Lipinski definition) is 2. The number of methoxy groups -OCH3 is 3. The molecule has 8 nitrogen and oxygen atoms in total. The number of halogens is 2. The number of ether oxygens (including phenoxy) is 3. The van der Waals surface area contributed by atoms with Gasteiger partial charge in [-0.1, -0.05) is 0 Å². The van der Waals surface area contributed by atoms with Gasteiger partial charge in [0.05, 0.1) is 33.5 Å². The van der Waals surface area contributed by atoms with Crippen molar-refractivity contribution in [1.29, 1.82) is 0 Å². The van der Waals surface area contributed by atoms with Gasteiger partial charge in [0.25, 0.3) is 0 Å². The fourth-order valence-corrected chi connectivity index (χ4v) is 3.74. The summed E-state index contributed by atoms with van der Waals surface area (Å²) in [6, 6.07) is 3.67. The molecular weight excluding hydrogens is 421 g/mol. The van der Waals surface area contributed by atoms with E-state index in [1.54, 1.807) is 21.3 Å². The average Bonchev–Trinajstić information content (AvgIpc) is 3.13. The number of nitrogens with zero attached hydrogens (tertiary/aromatic N) is 2. The van der Waals surface area contributed by atoms with Crippen LogP contribution >= 0.6 is 24.8 Å². The minimum Gasteiger partial charge on any atom is -0.493 e. The van der Waals surface area contributed by atoms with Crippen molar-refractivity contribution in [1.82, 2.24) is 15.1 Å². The molecule has 2 atom stereocenters. The number of carbonyl (C=O) groups excluding carboxylic acids is 1. The lowest BCUT2D eigenvalue weighted by molar-refractivity contribution is -0.135. The number of amides is 1. The first-order valence-electron chi connectivity index (χ1n) is 9.27. The second-order valence-electron chi connectivity index (χ2n) is 6.99. The number of aliphatic hydroxyl groups is 1. The van der Waals surface area contributed by atoms with Crippen molar-refractivity contribution in [3.05, 3.63) is 17.7 Å². The third-order valence-corrected chi connectivity index (χ3v) is 5.22. The van der Waals surface area contributed by atoms with Crippen LogP contribution < -0.4 is 19.5 Å². The van der Waals surface area contributed by atoms with Crippen LogP contribution in [0, 0.1) is 0 Å². The molecule has 1 aromatic rings. The van der Waals surface area contributed by atoms with Crippen LogP contribution in [-0.4, -0.2) is 87.0 Å². The first-order chi connectivity index (χ1) is 13.0. The van der Waals surface area contributed by atoms with E-state index >= 15 is 0 Å². The number of β-amino-alcohol motifs (C(OH)–C–C–N with tert-alkyl or cyclic N) is 1. The van der Waals surface area contributed by atoms with E-state index in [1.165, 1.54) is 0 Å². The van der Waals surface area contributed by atoms with Crippen molar-refractivity contribution >= 4 is 30.7 Å². The molecule has 0 spiro atoms. The Morgan fingerprint density at radius 3 is 2.10 bits per heavy atom. The molecule has 29 heavy (non-hydrogen) atoms. The molecule has 1 amide bonds. The van der Waals surface area contributed by atoms with E-state index in [2.05, 4.69) is 10.2 Å². The van der Waals surface area contributed by atoms with Crippen LogP contribution in [0.25, 0.3) is 0 Å². The number of hydrogen-bond acceptors (Lipinski definition) is 7. The summed E-state index contributed by atoms with van der Waals surface area (Å²) in [5, 5.41) is 12.7. The van der Waals surface area contributed by atoms with Gasteiger partial charge in [0.2, 0.25) is 11.7 Å². The highest BCUT2D eigenvalue weighted by atomic mass is 35.5. The van der Waals surface area contributed by atoms with E-state index in [-0.39, 0.29) is 36.8 Å². The number of nitrogens with one attached hydrogen (secondary N) is 1. The lowest BCUT2D eigenvalue weighted by Gasteiger charge is -2.36. The smallest absolute Gasteiger partial charge is 0.239 e. The number of aliphatic hydroxyl groups excluding tert-OH is 1. The zero-order valence-corrected chi connectivity index (χ0v) is 18.7. The van der Waals surface area contributed by atoms with Crippen LogP contribution in [-0.2, 0) is 11.3 Å². The van der Waals surface area contributed by atoms with Gasteiger partial charge in [0.1, 0.15) is 0 Å². The van der Waals surface area contributed by atoms with Crippen molar-refractivity contribution in [3.63, 3.8) is 0 Å². The van der Waals surface area contributed by atoms with Crippen LogP contribution in [0.3, 0.4) is 0 Å². The third kappa shape index (κ3) is 6.02. The molecule has 1 aromatic carbocycles. The maximum absolute atomic E-state index is 12.5. The summed E-state index contributed by atoms with van der Waals surface area (Å²) in [6.07, 6.45) is 0.0880. The molecule has 0 bridgehead atoms. The Kier molecular flexibility index (Phi) is 10.3. The Bertz CT molecular complexity index is 646. The molecule has 2 aliphatic rings. The van der Waals surface area contributed by atoms with E-state index < -0.39 is 6.10 Å². The van der Waals surface area contributed by atoms with Gasteiger partial charge in [-0.25, -0.2) is 0 Å². The van der Waals surface area contributed by atoms with E-state index in [4.69, 9.17) is 14.2 Å². The largest absolute Gasteiger partial charge is 0.493 e. The molecule has 0 aromatic heterocycles. The summed E-state index contributed by atoms with van der Waals surface area (Å²) in [4.78, 5) is 16.7. The summed E-state index contributed by atoms with van der Waals surface area (Å²) >= 11 is 0. The van der Waals surface area contributed by atoms with Crippen LogP contribution in [0.1, 0.15) is 12.0 Å². The molecule has 2 aliphatic heterocycles. The Balaban J connectivity index is 0.00000210. The highest BCUT2D eigenvalue weighted by Gasteiger charge is 2.32. The zero-order valence-electron chi connectivity index (χ0n) is 17.1. The van der Waals surface area contributed by atoms with E-state index in [1.807, 2.05) is 17.0 Å². The van der Waals surface area contributed by atoms with Gasteiger partial charge in [-0.05, 0) is 24.1 Å². The molecule has 2 N–H and O–H groups in total. The van der Waals surface area contributed by atoms with Gasteiger partial charge in [0.15, 0.2) is 11.5 Å². The number of rotatable bonds is 6. The van der Waals surface area contributed by atoms with Gasteiger partial charge >= 0.3 is 0 Å². The Labute approximate surface area is 184 Å². The minimum absolute atomic E-state index is 0. The van der Waals surface area contributed by atoms with Crippen molar-refractivity contribution in [2.24, 2.45) is 0 Å². The maximum atomic E-state index is 12.5. The fourth-order valence-electron chi connectivity index (χ4n) is 3.74. The van der Waals surface area contributed by atoms with Gasteiger partial charge < -0.3 is 29.5 Å². The zero-order chi connectivity index (χ0) is 19.4. The summed E-state index contributed by atoms with van der Waals surface area (Å²) < 4.78 is 16.2. The molecule has 0 aliphatic carbocycles. The third-order valence-electron chi connectivity index (χ3n) is 5.22. The quantitative estimate of drug-likeness (QED) is 0.665. The molecule has 10 heteroatoms. The molecule has 2 saturated heterocycles. The summed E-state index contributed by atoms with van der Waals surface area (Å²) in [6.45, 7) is 4.24. The van der Waals surface area contributed by atoms with E-state index in [0.717, 1.165) is 25.2 Å². The normalized spacial score (nSPS) is 21.7. The van der Waals surface area contributed by atoms with Gasteiger partial charge in [-0.3, -0.25) is 9.69 Å². The highest BCUT2D eigenvalue weighted by Crippen LogP contribution is 2.38. The highest BCUT2D eigenvalue weighted by molar-refractivity contribution is 5.85. The SMILES string of the molecule is COc1cc(CN2CCN(C(=O)C3CC(O)CN3)CC2)cc(OC)c1OC.Cl.Cl. The molecule has 2 heterocycles. The lowest BCUT2D eigenvalue weighted by atomic mass is 10.1.